The molecule has 0 atom stereocenters. The van der Waals surface area contributed by atoms with E-state index < -0.39 is 4.92 Å². The Kier molecular flexibility index (Phi) is 2.97. The second-order valence-electron chi connectivity index (χ2n) is 3.94. The average molecular weight is 256 g/mol. The average Bonchev–Trinajstić information content (AvgIpc) is 3.11. The molecule has 90 valence electrons. The molecule has 6 nitrogen and oxygen atoms in total. The number of carbonyl (C=O) groups is 1. The van der Waals surface area contributed by atoms with Crippen LogP contribution in [0.2, 0.25) is 5.15 Å². The molecule has 1 amide bonds. The van der Waals surface area contributed by atoms with Crippen molar-refractivity contribution in [1.29, 1.82) is 0 Å². The van der Waals surface area contributed by atoms with E-state index >= 15 is 0 Å². The van der Waals surface area contributed by atoms with Gasteiger partial charge in [-0.25, -0.2) is 4.98 Å². The van der Waals surface area contributed by atoms with E-state index in [1.165, 1.54) is 0 Å². The van der Waals surface area contributed by atoms with E-state index in [-0.39, 0.29) is 28.4 Å². The van der Waals surface area contributed by atoms with E-state index in [9.17, 15) is 14.9 Å². The number of hydrogen-bond acceptors (Lipinski definition) is 4. The van der Waals surface area contributed by atoms with Gasteiger partial charge in [-0.1, -0.05) is 11.6 Å². The Morgan fingerprint density at radius 3 is 2.82 bits per heavy atom. The van der Waals surface area contributed by atoms with E-state index in [0.29, 0.717) is 0 Å². The Balaban J connectivity index is 2.32. The topological polar surface area (TPSA) is 76.3 Å². The first-order chi connectivity index (χ1) is 8.00. The largest absolute Gasteiger partial charge is 0.339 e. The summed E-state index contributed by atoms with van der Waals surface area (Å²) in [5.41, 5.74) is -0.155. The van der Waals surface area contributed by atoms with Crippen molar-refractivity contribution in [3.05, 3.63) is 33.1 Å². The summed E-state index contributed by atoms with van der Waals surface area (Å²) in [7, 11) is 1.66. The zero-order valence-corrected chi connectivity index (χ0v) is 9.85. The van der Waals surface area contributed by atoms with Crippen molar-refractivity contribution in [3.63, 3.8) is 0 Å². The second-order valence-corrected chi connectivity index (χ2v) is 4.29. The fraction of sp³-hybridized carbons (Fsp3) is 0.400. The number of rotatable bonds is 3. The highest BCUT2D eigenvalue weighted by Gasteiger charge is 2.31. The van der Waals surface area contributed by atoms with Crippen molar-refractivity contribution in [2.75, 3.05) is 7.05 Å². The minimum absolute atomic E-state index is 0.00639. The Morgan fingerprint density at radius 2 is 2.29 bits per heavy atom. The highest BCUT2D eigenvalue weighted by molar-refractivity contribution is 6.32. The fourth-order valence-electron chi connectivity index (χ4n) is 1.50. The predicted molar refractivity (Wildman–Crippen MR) is 61.0 cm³/mol. The fourth-order valence-corrected chi connectivity index (χ4v) is 1.69. The number of nitrogens with zero attached hydrogens (tertiary/aromatic N) is 3. The van der Waals surface area contributed by atoms with Gasteiger partial charge in [0.25, 0.3) is 11.6 Å². The molecule has 1 aliphatic carbocycles. The summed E-state index contributed by atoms with van der Waals surface area (Å²) in [6.07, 6.45) is 2.96. The van der Waals surface area contributed by atoms with Crippen molar-refractivity contribution in [2.24, 2.45) is 0 Å². The molecule has 0 N–H and O–H groups in total. The SMILES string of the molecule is CN(C(=O)c1cc([N+](=O)[O-])cnc1Cl)C1CC1. The number of hydrogen-bond donors (Lipinski definition) is 0. The van der Waals surface area contributed by atoms with Crippen molar-refractivity contribution in [1.82, 2.24) is 9.88 Å². The maximum absolute atomic E-state index is 12.0. The highest BCUT2D eigenvalue weighted by atomic mass is 35.5. The number of halogens is 1. The quantitative estimate of drug-likeness (QED) is 0.469. The van der Waals surface area contributed by atoms with E-state index in [2.05, 4.69) is 4.98 Å². The van der Waals surface area contributed by atoms with Crippen LogP contribution in [0.15, 0.2) is 12.3 Å². The highest BCUT2D eigenvalue weighted by Crippen LogP contribution is 2.28. The molecular weight excluding hydrogens is 246 g/mol. The third kappa shape index (κ3) is 2.36. The molecular formula is C10H10ClN3O3. The first-order valence-corrected chi connectivity index (χ1v) is 5.45. The summed E-state index contributed by atoms with van der Waals surface area (Å²) in [5, 5.41) is 10.6. The van der Waals surface area contributed by atoms with Crippen LogP contribution in [-0.2, 0) is 0 Å². The number of nitro groups is 1. The van der Waals surface area contributed by atoms with Gasteiger partial charge in [0.2, 0.25) is 0 Å². The van der Waals surface area contributed by atoms with Crippen molar-refractivity contribution < 1.29 is 9.72 Å². The Labute approximate surface area is 102 Å². The van der Waals surface area contributed by atoms with Gasteiger partial charge >= 0.3 is 0 Å². The van der Waals surface area contributed by atoms with Crippen LogP contribution < -0.4 is 0 Å². The lowest BCUT2D eigenvalue weighted by Gasteiger charge is -2.16. The molecule has 0 radical (unpaired) electrons. The van der Waals surface area contributed by atoms with Crippen molar-refractivity contribution in [2.45, 2.75) is 18.9 Å². The maximum Gasteiger partial charge on any atom is 0.288 e. The molecule has 0 aromatic carbocycles. The molecule has 0 bridgehead atoms. The molecule has 1 aromatic heterocycles. The lowest BCUT2D eigenvalue weighted by Crippen LogP contribution is -2.29. The molecule has 1 fully saturated rings. The number of amides is 1. The third-order valence-electron chi connectivity index (χ3n) is 2.68. The van der Waals surface area contributed by atoms with Crippen molar-refractivity contribution >= 4 is 23.2 Å². The van der Waals surface area contributed by atoms with Crippen LogP contribution in [0.4, 0.5) is 5.69 Å². The summed E-state index contributed by atoms with van der Waals surface area (Å²) in [4.78, 5) is 27.2. The number of pyridine rings is 1. The first-order valence-electron chi connectivity index (χ1n) is 5.08. The van der Waals surface area contributed by atoms with E-state index in [1.54, 1.807) is 11.9 Å². The maximum atomic E-state index is 12.0. The zero-order chi connectivity index (χ0) is 12.6. The standard InChI is InChI=1S/C10H10ClN3O3/c1-13(6-2-3-6)10(15)8-4-7(14(16)17)5-12-9(8)11/h4-6H,2-3H2,1H3. The summed E-state index contributed by atoms with van der Waals surface area (Å²) < 4.78 is 0. The molecule has 1 saturated carbocycles. The first kappa shape index (κ1) is 11.8. The molecule has 1 aliphatic rings. The summed E-state index contributed by atoms with van der Waals surface area (Å²) in [6.45, 7) is 0. The number of carbonyl (C=O) groups excluding carboxylic acids is 1. The van der Waals surface area contributed by atoms with Crippen LogP contribution in [0.1, 0.15) is 23.2 Å². The van der Waals surface area contributed by atoms with Gasteiger partial charge in [-0.2, -0.15) is 0 Å². The Morgan fingerprint density at radius 1 is 1.65 bits per heavy atom. The van der Waals surface area contributed by atoms with Gasteiger partial charge in [-0.05, 0) is 12.8 Å². The van der Waals surface area contributed by atoms with E-state index in [4.69, 9.17) is 11.6 Å². The molecule has 0 spiro atoms. The van der Waals surface area contributed by atoms with Gasteiger partial charge in [0, 0.05) is 19.2 Å². The second kappa shape index (κ2) is 4.29. The molecule has 0 aliphatic heterocycles. The Bertz CT molecular complexity index is 488. The minimum Gasteiger partial charge on any atom is -0.339 e. The molecule has 0 unspecified atom stereocenters. The van der Waals surface area contributed by atoms with E-state index in [1.807, 2.05) is 0 Å². The smallest absolute Gasteiger partial charge is 0.288 e. The molecule has 2 rings (SSSR count). The van der Waals surface area contributed by atoms with Crippen LogP contribution >= 0.6 is 11.6 Å². The van der Waals surface area contributed by atoms with Crippen LogP contribution in [0.25, 0.3) is 0 Å². The molecule has 1 heterocycles. The van der Waals surface area contributed by atoms with Crippen LogP contribution in [0.5, 0.6) is 0 Å². The summed E-state index contributed by atoms with van der Waals surface area (Å²) in [5.74, 6) is -0.325. The normalized spacial score (nSPS) is 14.5. The third-order valence-corrected chi connectivity index (χ3v) is 2.98. The van der Waals surface area contributed by atoms with Gasteiger partial charge in [0.1, 0.15) is 11.3 Å². The molecule has 0 saturated heterocycles. The van der Waals surface area contributed by atoms with Gasteiger partial charge in [0.05, 0.1) is 10.5 Å². The minimum atomic E-state index is -0.600. The van der Waals surface area contributed by atoms with Gasteiger partial charge < -0.3 is 4.90 Å². The molecule has 17 heavy (non-hydrogen) atoms. The van der Waals surface area contributed by atoms with Crippen LogP contribution in [0, 0.1) is 10.1 Å². The summed E-state index contributed by atoms with van der Waals surface area (Å²) >= 11 is 5.78. The number of aromatic nitrogens is 1. The van der Waals surface area contributed by atoms with Crippen LogP contribution in [0.3, 0.4) is 0 Å². The van der Waals surface area contributed by atoms with Crippen LogP contribution in [-0.4, -0.2) is 33.8 Å². The predicted octanol–water partition coefficient (Wildman–Crippen LogP) is 1.88. The van der Waals surface area contributed by atoms with Gasteiger partial charge in [-0.15, -0.1) is 0 Å². The monoisotopic (exact) mass is 255 g/mol. The van der Waals surface area contributed by atoms with Gasteiger partial charge in [0.15, 0.2) is 0 Å². The Hall–Kier alpha value is -1.69. The lowest BCUT2D eigenvalue weighted by atomic mass is 10.2. The van der Waals surface area contributed by atoms with E-state index in [0.717, 1.165) is 25.1 Å². The van der Waals surface area contributed by atoms with Crippen molar-refractivity contribution in [3.8, 4) is 0 Å². The van der Waals surface area contributed by atoms with Gasteiger partial charge in [-0.3, -0.25) is 14.9 Å². The summed E-state index contributed by atoms with van der Waals surface area (Å²) in [6, 6.07) is 1.38. The molecule has 7 heteroatoms. The lowest BCUT2D eigenvalue weighted by molar-refractivity contribution is -0.385. The molecule has 1 aromatic rings. The zero-order valence-electron chi connectivity index (χ0n) is 9.09.